The molecule has 5 aromatic rings. The molecule has 7 nitrogen and oxygen atoms in total. The van der Waals surface area contributed by atoms with Gasteiger partial charge in [-0.3, -0.25) is 9.48 Å². The highest BCUT2D eigenvalue weighted by atomic mass is 19.4. The smallest absolute Gasteiger partial charge is 0.344 e. The molecule has 0 radical (unpaired) electrons. The Morgan fingerprint density at radius 3 is 2.53 bits per heavy atom. The summed E-state index contributed by atoms with van der Waals surface area (Å²) in [6.45, 7) is 6.33. The third kappa shape index (κ3) is 4.19. The molecule has 0 spiro atoms. The lowest BCUT2D eigenvalue weighted by molar-refractivity contribution is -0.142. The van der Waals surface area contributed by atoms with E-state index in [0.29, 0.717) is 16.6 Å². The van der Waals surface area contributed by atoms with E-state index in [4.69, 9.17) is 0 Å². The number of carbonyl (C=O) groups excluding carboxylic acids is 1. The van der Waals surface area contributed by atoms with Gasteiger partial charge in [0.25, 0.3) is 5.91 Å². The Bertz CT molecular complexity index is 1600. The lowest BCUT2D eigenvalue weighted by atomic mass is 10.0. The van der Waals surface area contributed by atoms with Crippen LogP contribution in [0.4, 0.5) is 13.2 Å². The largest absolute Gasteiger partial charge is 0.433 e. The number of aryl methyl sites for hydroxylation is 1. The molecule has 0 aliphatic carbocycles. The van der Waals surface area contributed by atoms with Gasteiger partial charge in [-0.1, -0.05) is 36.4 Å². The first kappa shape index (κ1) is 23.5. The zero-order valence-corrected chi connectivity index (χ0v) is 19.8. The van der Waals surface area contributed by atoms with E-state index in [-0.39, 0.29) is 17.0 Å². The number of hydrogen-bond acceptors (Lipinski definition) is 4. The molecular weight excluding hydrogens is 469 g/mol. The van der Waals surface area contributed by atoms with Crippen LogP contribution in [0.2, 0.25) is 0 Å². The number of nitrogens with one attached hydrogen (secondary N) is 1. The van der Waals surface area contributed by atoms with Gasteiger partial charge in [0.2, 0.25) is 0 Å². The van der Waals surface area contributed by atoms with E-state index in [1.807, 2.05) is 44.2 Å². The summed E-state index contributed by atoms with van der Waals surface area (Å²) in [7, 11) is 0. The van der Waals surface area contributed by atoms with Crippen LogP contribution in [0.25, 0.3) is 27.7 Å². The summed E-state index contributed by atoms with van der Waals surface area (Å²) in [5.74, 6) is -0.600. The molecule has 1 amide bonds. The van der Waals surface area contributed by atoms with Gasteiger partial charge in [-0.2, -0.15) is 23.4 Å². The summed E-state index contributed by atoms with van der Waals surface area (Å²) in [6, 6.07) is 14.7. The van der Waals surface area contributed by atoms with E-state index >= 15 is 0 Å². The predicted molar refractivity (Wildman–Crippen MR) is 129 cm³/mol. The van der Waals surface area contributed by atoms with Gasteiger partial charge in [0.1, 0.15) is 0 Å². The third-order valence-electron chi connectivity index (χ3n) is 6.25. The zero-order valence-electron chi connectivity index (χ0n) is 19.8. The maximum atomic E-state index is 14.0. The fourth-order valence-corrected chi connectivity index (χ4v) is 4.34. The van der Waals surface area contributed by atoms with Crippen LogP contribution in [0.15, 0.2) is 60.8 Å². The summed E-state index contributed by atoms with van der Waals surface area (Å²) >= 11 is 0. The van der Waals surface area contributed by atoms with Crippen molar-refractivity contribution in [3.05, 3.63) is 83.4 Å². The minimum Gasteiger partial charge on any atom is -0.344 e. The first-order valence-corrected chi connectivity index (χ1v) is 11.5. The molecule has 1 N–H and O–H groups in total. The fourth-order valence-electron chi connectivity index (χ4n) is 4.34. The number of hydrogen-bond donors (Lipinski definition) is 1. The van der Waals surface area contributed by atoms with E-state index in [0.717, 1.165) is 28.1 Å². The Morgan fingerprint density at radius 1 is 1.08 bits per heavy atom. The minimum absolute atomic E-state index is 0.0687. The normalized spacial score (nSPS) is 12.8. The summed E-state index contributed by atoms with van der Waals surface area (Å²) in [4.78, 5) is 17.3. The summed E-state index contributed by atoms with van der Waals surface area (Å²) < 4.78 is 44.4. The van der Waals surface area contributed by atoms with Crippen LogP contribution in [0.5, 0.6) is 0 Å². The van der Waals surface area contributed by atoms with Crippen LogP contribution in [0.1, 0.15) is 47.3 Å². The molecule has 0 aliphatic rings. The van der Waals surface area contributed by atoms with Crippen molar-refractivity contribution in [2.75, 3.05) is 0 Å². The van der Waals surface area contributed by atoms with Crippen molar-refractivity contribution < 1.29 is 18.0 Å². The van der Waals surface area contributed by atoms with Gasteiger partial charge >= 0.3 is 6.18 Å². The average molecular weight is 493 g/mol. The van der Waals surface area contributed by atoms with Crippen molar-refractivity contribution in [2.45, 2.75) is 39.5 Å². The third-order valence-corrected chi connectivity index (χ3v) is 6.25. The molecule has 184 valence electrons. The molecule has 3 aromatic heterocycles. The number of aromatic nitrogens is 5. The number of halogens is 3. The van der Waals surface area contributed by atoms with Crippen LogP contribution in [-0.4, -0.2) is 30.3 Å². The van der Waals surface area contributed by atoms with Gasteiger partial charge < -0.3 is 5.32 Å². The molecule has 0 bridgehead atoms. The summed E-state index contributed by atoms with van der Waals surface area (Å²) in [5, 5.41) is 12.9. The van der Waals surface area contributed by atoms with Crippen LogP contribution in [0.3, 0.4) is 0 Å². The fraction of sp³-hybridized carbons (Fsp3) is 0.231. The summed E-state index contributed by atoms with van der Waals surface area (Å²) in [6.07, 6.45) is -3.03. The Labute approximate surface area is 204 Å². The highest BCUT2D eigenvalue weighted by molar-refractivity contribution is 5.93. The van der Waals surface area contributed by atoms with E-state index in [1.54, 1.807) is 29.9 Å². The number of alkyl halides is 3. The van der Waals surface area contributed by atoms with Gasteiger partial charge in [-0.25, -0.2) is 9.50 Å². The lowest BCUT2D eigenvalue weighted by Gasteiger charge is -2.13. The lowest BCUT2D eigenvalue weighted by Crippen LogP contribution is -2.27. The molecule has 2 aromatic carbocycles. The zero-order chi connectivity index (χ0) is 25.6. The van der Waals surface area contributed by atoms with Crippen LogP contribution < -0.4 is 5.32 Å². The van der Waals surface area contributed by atoms with Gasteiger partial charge in [0.15, 0.2) is 17.0 Å². The van der Waals surface area contributed by atoms with Crippen molar-refractivity contribution in [1.29, 1.82) is 0 Å². The van der Waals surface area contributed by atoms with Crippen LogP contribution >= 0.6 is 0 Å². The van der Waals surface area contributed by atoms with E-state index in [1.165, 1.54) is 6.07 Å². The van der Waals surface area contributed by atoms with E-state index in [2.05, 4.69) is 20.5 Å². The number of nitrogens with zero attached hydrogens (tertiary/aromatic N) is 5. The number of amides is 1. The quantitative estimate of drug-likeness (QED) is 0.347. The first-order chi connectivity index (χ1) is 17.2. The average Bonchev–Trinajstić information content (AvgIpc) is 3.45. The molecule has 0 fully saturated rings. The van der Waals surface area contributed by atoms with Gasteiger partial charge in [0.05, 0.1) is 17.9 Å². The maximum absolute atomic E-state index is 14.0. The molecule has 1 unspecified atom stereocenters. The molecular formula is C26H23F3N6O. The second-order valence-electron chi connectivity index (χ2n) is 8.58. The first-order valence-electron chi connectivity index (χ1n) is 11.5. The second kappa shape index (κ2) is 8.78. The van der Waals surface area contributed by atoms with Crippen molar-refractivity contribution in [1.82, 2.24) is 29.7 Å². The highest BCUT2D eigenvalue weighted by Crippen LogP contribution is 2.33. The van der Waals surface area contributed by atoms with Gasteiger partial charge in [0, 0.05) is 29.4 Å². The summed E-state index contributed by atoms with van der Waals surface area (Å²) in [5.41, 5.74) is 1.16. The van der Waals surface area contributed by atoms with Crippen LogP contribution in [0, 0.1) is 6.92 Å². The monoisotopic (exact) mass is 492 g/mol. The predicted octanol–water partition coefficient (Wildman–Crippen LogP) is 5.58. The second-order valence-corrected chi connectivity index (χ2v) is 8.58. The Morgan fingerprint density at radius 2 is 1.83 bits per heavy atom. The number of fused-ring (bicyclic) bond motifs is 2. The van der Waals surface area contributed by atoms with Crippen molar-refractivity contribution in [2.24, 2.45) is 0 Å². The van der Waals surface area contributed by atoms with Gasteiger partial charge in [-0.15, -0.1) is 0 Å². The molecule has 0 saturated heterocycles. The molecule has 36 heavy (non-hydrogen) atoms. The molecule has 3 heterocycles. The molecule has 1 atom stereocenters. The van der Waals surface area contributed by atoms with Gasteiger partial charge in [-0.05, 0) is 43.7 Å². The number of carbonyl (C=O) groups is 1. The Hall–Kier alpha value is -4.21. The molecule has 0 aliphatic heterocycles. The molecule has 0 saturated carbocycles. The molecule has 10 heteroatoms. The Balaban J connectivity index is 1.53. The topological polar surface area (TPSA) is 77.1 Å². The van der Waals surface area contributed by atoms with E-state index < -0.39 is 23.8 Å². The number of rotatable bonds is 5. The number of benzene rings is 2. The van der Waals surface area contributed by atoms with Crippen molar-refractivity contribution >= 4 is 22.3 Å². The standard InChI is InChI=1S/C26H23F3N6O/c1-4-34-16(3)20(14-30-34)15(2)31-25(36)22-13-24-32-21(12-23(26(27,28)29)35(24)33-22)19-10-9-17-7-5-6-8-18(17)11-19/h5-15H,4H2,1-3H3,(H,31,36). The SMILES string of the molecule is CCn1ncc(C(C)NC(=O)c2cc3nc(-c4ccc5ccccc5c4)cc(C(F)(F)F)n3n2)c1C. The highest BCUT2D eigenvalue weighted by Gasteiger charge is 2.36. The minimum atomic E-state index is -4.70. The van der Waals surface area contributed by atoms with Crippen LogP contribution in [-0.2, 0) is 12.7 Å². The molecule has 5 rings (SSSR count). The maximum Gasteiger partial charge on any atom is 0.433 e. The Kier molecular flexibility index (Phi) is 5.74. The van der Waals surface area contributed by atoms with E-state index in [9.17, 15) is 18.0 Å². The van der Waals surface area contributed by atoms with Crippen molar-refractivity contribution in [3.63, 3.8) is 0 Å². The van der Waals surface area contributed by atoms with Crippen molar-refractivity contribution in [3.8, 4) is 11.3 Å².